The molecular formula is C17H24O5. The van der Waals surface area contributed by atoms with Gasteiger partial charge in [-0.2, -0.15) is 0 Å². The van der Waals surface area contributed by atoms with E-state index in [1.54, 1.807) is 6.92 Å². The molecule has 1 aliphatic heterocycles. The highest BCUT2D eigenvalue weighted by Gasteiger charge is 2.46. The Morgan fingerprint density at radius 3 is 2.59 bits per heavy atom. The minimum absolute atomic E-state index is 0.259. The van der Waals surface area contributed by atoms with E-state index in [-0.39, 0.29) is 12.0 Å². The molecule has 0 amide bonds. The lowest BCUT2D eigenvalue weighted by atomic mass is 9.85. The average Bonchev–Trinajstić information content (AvgIpc) is 2.44. The molecule has 1 fully saturated rings. The first kappa shape index (κ1) is 16.8. The first-order valence-electron chi connectivity index (χ1n) is 7.67. The molecule has 1 aliphatic rings. The molecule has 0 saturated carbocycles. The largest absolute Gasteiger partial charge is 0.481 e. The van der Waals surface area contributed by atoms with Crippen LogP contribution in [0.5, 0.6) is 5.75 Å². The molecular weight excluding hydrogens is 284 g/mol. The van der Waals surface area contributed by atoms with Gasteiger partial charge < -0.3 is 19.7 Å². The molecule has 1 aromatic carbocycles. The number of ether oxygens (including phenoxy) is 2. The molecule has 5 nitrogen and oxygen atoms in total. The second-order valence-corrected chi connectivity index (χ2v) is 5.98. The van der Waals surface area contributed by atoms with Crippen molar-refractivity contribution in [2.45, 2.75) is 52.6 Å². The number of aliphatic hydroxyl groups excluding tert-OH is 1. The highest BCUT2D eigenvalue weighted by Crippen LogP contribution is 2.32. The SMILES string of the molecule is CCc1ccc(OC2OC(C)C(C)C(O)C2C(=O)O)cc1C. The van der Waals surface area contributed by atoms with E-state index in [1.807, 2.05) is 32.0 Å². The Kier molecular flexibility index (Phi) is 5.08. The van der Waals surface area contributed by atoms with Crippen LogP contribution in [-0.2, 0) is 16.0 Å². The standard InChI is InChI=1S/C17H24O5/c1-5-12-6-7-13(8-9(12)2)22-17-14(16(19)20)15(18)10(3)11(4)21-17/h6-8,10-11,14-15,17-18H,5H2,1-4H3,(H,19,20). The predicted molar refractivity (Wildman–Crippen MR) is 81.8 cm³/mol. The van der Waals surface area contributed by atoms with Crippen LogP contribution in [0.4, 0.5) is 0 Å². The summed E-state index contributed by atoms with van der Waals surface area (Å²) in [6.45, 7) is 7.66. The first-order chi connectivity index (χ1) is 10.3. The van der Waals surface area contributed by atoms with Gasteiger partial charge in [0, 0.05) is 5.92 Å². The van der Waals surface area contributed by atoms with E-state index in [0.717, 1.165) is 12.0 Å². The number of aliphatic carboxylic acids is 1. The molecule has 1 saturated heterocycles. The van der Waals surface area contributed by atoms with E-state index in [4.69, 9.17) is 9.47 Å². The zero-order chi connectivity index (χ0) is 16.4. The van der Waals surface area contributed by atoms with E-state index in [9.17, 15) is 15.0 Å². The van der Waals surface area contributed by atoms with Crippen LogP contribution in [0.2, 0.25) is 0 Å². The van der Waals surface area contributed by atoms with Gasteiger partial charge >= 0.3 is 5.97 Å². The second-order valence-electron chi connectivity index (χ2n) is 5.98. The van der Waals surface area contributed by atoms with Gasteiger partial charge in [-0.25, -0.2) is 0 Å². The highest BCUT2D eigenvalue weighted by molar-refractivity contribution is 5.71. The van der Waals surface area contributed by atoms with Crippen molar-refractivity contribution < 1.29 is 24.5 Å². The van der Waals surface area contributed by atoms with E-state index in [0.29, 0.717) is 5.75 Å². The number of aliphatic hydroxyl groups is 1. The third-order valence-corrected chi connectivity index (χ3v) is 4.52. The van der Waals surface area contributed by atoms with E-state index >= 15 is 0 Å². The van der Waals surface area contributed by atoms with Gasteiger partial charge in [-0.1, -0.05) is 19.9 Å². The van der Waals surface area contributed by atoms with Crippen LogP contribution >= 0.6 is 0 Å². The van der Waals surface area contributed by atoms with Crippen molar-refractivity contribution in [1.82, 2.24) is 0 Å². The second kappa shape index (κ2) is 6.67. The molecule has 1 aromatic rings. The summed E-state index contributed by atoms with van der Waals surface area (Å²) in [4.78, 5) is 11.5. The minimum Gasteiger partial charge on any atom is -0.481 e. The van der Waals surface area contributed by atoms with Crippen molar-refractivity contribution in [3.63, 3.8) is 0 Å². The zero-order valence-electron chi connectivity index (χ0n) is 13.4. The third kappa shape index (κ3) is 3.25. The molecule has 122 valence electrons. The molecule has 5 unspecified atom stereocenters. The zero-order valence-corrected chi connectivity index (χ0v) is 13.4. The number of rotatable bonds is 4. The monoisotopic (exact) mass is 308 g/mol. The predicted octanol–water partition coefficient (Wildman–Crippen LogP) is 2.38. The summed E-state index contributed by atoms with van der Waals surface area (Å²) in [6, 6.07) is 5.64. The average molecular weight is 308 g/mol. The lowest BCUT2D eigenvalue weighted by molar-refractivity contribution is -0.233. The topological polar surface area (TPSA) is 76.0 Å². The van der Waals surface area contributed by atoms with Gasteiger partial charge in [-0.15, -0.1) is 0 Å². The molecule has 5 heteroatoms. The maximum Gasteiger partial charge on any atom is 0.315 e. The van der Waals surface area contributed by atoms with Gasteiger partial charge in [0.2, 0.25) is 6.29 Å². The molecule has 5 atom stereocenters. The maximum atomic E-state index is 11.5. The van der Waals surface area contributed by atoms with Gasteiger partial charge in [0.15, 0.2) is 0 Å². The van der Waals surface area contributed by atoms with Crippen molar-refractivity contribution in [3.05, 3.63) is 29.3 Å². The summed E-state index contributed by atoms with van der Waals surface area (Å²) in [5, 5.41) is 19.6. The van der Waals surface area contributed by atoms with Gasteiger partial charge in [0.25, 0.3) is 0 Å². The molecule has 1 heterocycles. The first-order valence-corrected chi connectivity index (χ1v) is 7.67. The fourth-order valence-electron chi connectivity index (χ4n) is 2.82. The van der Waals surface area contributed by atoms with Crippen LogP contribution in [0.3, 0.4) is 0 Å². The molecule has 0 aromatic heterocycles. The van der Waals surface area contributed by atoms with Crippen LogP contribution in [0.25, 0.3) is 0 Å². The Hall–Kier alpha value is -1.59. The van der Waals surface area contributed by atoms with Crippen LogP contribution in [0.1, 0.15) is 31.9 Å². The molecule has 2 rings (SSSR count). The fraction of sp³-hybridized carbons (Fsp3) is 0.588. The number of carbonyl (C=O) groups is 1. The molecule has 0 radical (unpaired) electrons. The Bertz CT molecular complexity index is 542. The van der Waals surface area contributed by atoms with Gasteiger partial charge in [0.1, 0.15) is 11.7 Å². The van der Waals surface area contributed by atoms with Crippen molar-refractivity contribution in [2.24, 2.45) is 11.8 Å². The Morgan fingerprint density at radius 2 is 2.05 bits per heavy atom. The van der Waals surface area contributed by atoms with Crippen LogP contribution in [0.15, 0.2) is 18.2 Å². The quantitative estimate of drug-likeness (QED) is 0.893. The Labute approximate surface area is 130 Å². The molecule has 2 N–H and O–H groups in total. The number of aryl methyl sites for hydroxylation is 2. The van der Waals surface area contributed by atoms with Crippen LogP contribution in [-0.4, -0.2) is 34.7 Å². The van der Waals surface area contributed by atoms with Gasteiger partial charge in [0.05, 0.1) is 12.2 Å². The van der Waals surface area contributed by atoms with E-state index in [1.165, 1.54) is 5.56 Å². The van der Waals surface area contributed by atoms with Crippen molar-refractivity contribution in [1.29, 1.82) is 0 Å². The molecule has 22 heavy (non-hydrogen) atoms. The molecule has 0 bridgehead atoms. The van der Waals surface area contributed by atoms with Crippen molar-refractivity contribution in [3.8, 4) is 5.75 Å². The summed E-state index contributed by atoms with van der Waals surface area (Å²) in [7, 11) is 0. The van der Waals surface area contributed by atoms with E-state index in [2.05, 4.69) is 6.92 Å². The molecule has 0 spiro atoms. The van der Waals surface area contributed by atoms with Crippen molar-refractivity contribution in [2.75, 3.05) is 0 Å². The Balaban J connectivity index is 2.22. The van der Waals surface area contributed by atoms with Gasteiger partial charge in [-0.3, -0.25) is 4.79 Å². The highest BCUT2D eigenvalue weighted by atomic mass is 16.7. The summed E-state index contributed by atoms with van der Waals surface area (Å²) in [5.74, 6) is -1.92. The summed E-state index contributed by atoms with van der Waals surface area (Å²) in [5.41, 5.74) is 2.30. The number of carboxylic acids is 1. The lowest BCUT2D eigenvalue weighted by Gasteiger charge is -2.40. The number of carboxylic acid groups (broad SMARTS) is 1. The number of hydrogen-bond acceptors (Lipinski definition) is 4. The van der Waals surface area contributed by atoms with E-state index < -0.39 is 24.3 Å². The summed E-state index contributed by atoms with van der Waals surface area (Å²) >= 11 is 0. The van der Waals surface area contributed by atoms with Crippen molar-refractivity contribution >= 4 is 5.97 Å². The summed E-state index contributed by atoms with van der Waals surface area (Å²) < 4.78 is 11.4. The number of hydrogen-bond donors (Lipinski definition) is 2. The normalized spacial score (nSPS) is 31.8. The number of benzene rings is 1. The Morgan fingerprint density at radius 1 is 1.36 bits per heavy atom. The molecule has 0 aliphatic carbocycles. The minimum atomic E-state index is -1.11. The smallest absolute Gasteiger partial charge is 0.315 e. The summed E-state index contributed by atoms with van der Waals surface area (Å²) in [6.07, 6.45) is -1.34. The maximum absolute atomic E-state index is 11.5. The lowest BCUT2D eigenvalue weighted by Crippen LogP contribution is -2.54. The van der Waals surface area contributed by atoms with Crippen LogP contribution in [0, 0.1) is 18.8 Å². The van der Waals surface area contributed by atoms with Gasteiger partial charge in [-0.05, 0) is 43.5 Å². The van der Waals surface area contributed by atoms with Crippen LogP contribution < -0.4 is 4.74 Å². The third-order valence-electron chi connectivity index (χ3n) is 4.52. The fourth-order valence-corrected chi connectivity index (χ4v) is 2.82.